The summed E-state index contributed by atoms with van der Waals surface area (Å²) in [6, 6.07) is 0. The molecule has 2 heterocycles. The van der Waals surface area contributed by atoms with Gasteiger partial charge >= 0.3 is 41.8 Å². The number of ether oxygens (including phenoxy) is 11. The maximum atomic E-state index is 12.6. The van der Waals surface area contributed by atoms with Gasteiger partial charge in [-0.15, -0.1) is 0 Å². The van der Waals surface area contributed by atoms with Crippen LogP contribution >= 0.6 is 0 Å². The first kappa shape index (κ1) is 49.0. The van der Waals surface area contributed by atoms with Gasteiger partial charge in [-0.2, -0.15) is 0 Å². The molecule has 18 heteroatoms. The van der Waals surface area contributed by atoms with Crippen LogP contribution in [0.2, 0.25) is 0 Å². The van der Waals surface area contributed by atoms with Gasteiger partial charge in [0.2, 0.25) is 0 Å². The first-order valence-electron chi connectivity index (χ1n) is 19.4. The number of hydrogen-bond donors (Lipinski definition) is 0. The van der Waals surface area contributed by atoms with E-state index in [1.807, 2.05) is 6.08 Å². The van der Waals surface area contributed by atoms with Crippen LogP contribution in [0.3, 0.4) is 0 Å². The number of allylic oxidation sites excluding steroid dienone is 1. The fourth-order valence-corrected chi connectivity index (χ4v) is 6.34. The highest BCUT2D eigenvalue weighted by Gasteiger charge is 2.57. The van der Waals surface area contributed by atoms with Crippen LogP contribution in [0.4, 0.5) is 0 Å². The van der Waals surface area contributed by atoms with E-state index in [-0.39, 0.29) is 6.61 Å². The summed E-state index contributed by atoms with van der Waals surface area (Å²) in [5.74, 6) is -5.71. The average molecular weight is 817 g/mol. The molecule has 18 nitrogen and oxygen atoms in total. The van der Waals surface area contributed by atoms with E-state index in [0.717, 1.165) is 74.1 Å². The van der Waals surface area contributed by atoms with E-state index < -0.39 is 116 Å². The highest BCUT2D eigenvalue weighted by atomic mass is 16.8. The quantitative estimate of drug-likeness (QED) is 0.0621. The summed E-state index contributed by atoms with van der Waals surface area (Å²) in [4.78, 5) is 85.9. The smallest absolute Gasteiger partial charge is 0.303 e. The van der Waals surface area contributed by atoms with Crippen molar-refractivity contribution in [1.29, 1.82) is 0 Å². The summed E-state index contributed by atoms with van der Waals surface area (Å²) >= 11 is 0. The maximum absolute atomic E-state index is 12.6. The number of rotatable bonds is 23. The molecule has 2 fully saturated rings. The summed E-state index contributed by atoms with van der Waals surface area (Å²) in [6.45, 7) is 8.77. The zero-order valence-corrected chi connectivity index (χ0v) is 34.3. The van der Waals surface area contributed by atoms with Crippen LogP contribution in [-0.4, -0.2) is 123 Å². The molecule has 1 unspecified atom stereocenters. The van der Waals surface area contributed by atoms with E-state index in [4.69, 9.17) is 52.1 Å². The monoisotopic (exact) mass is 816 g/mol. The van der Waals surface area contributed by atoms with Gasteiger partial charge < -0.3 is 52.1 Å². The van der Waals surface area contributed by atoms with Crippen LogP contribution in [0.5, 0.6) is 0 Å². The summed E-state index contributed by atoms with van der Waals surface area (Å²) in [5.41, 5.74) is 0. The molecule has 2 saturated heterocycles. The molecule has 0 amide bonds. The fraction of sp³-hybridized carbons (Fsp3) is 0.769. The molecule has 2 aliphatic heterocycles. The van der Waals surface area contributed by atoms with E-state index in [2.05, 4.69) is 6.92 Å². The van der Waals surface area contributed by atoms with Crippen molar-refractivity contribution in [2.24, 2.45) is 0 Å². The van der Waals surface area contributed by atoms with Crippen molar-refractivity contribution >= 4 is 41.8 Å². The van der Waals surface area contributed by atoms with Crippen molar-refractivity contribution in [3.05, 3.63) is 12.2 Å². The number of unbranched alkanes of at least 4 members (excludes halogenated alkanes) is 8. The summed E-state index contributed by atoms with van der Waals surface area (Å²) < 4.78 is 62.8. The molecule has 0 aromatic rings. The molecule has 0 aliphatic carbocycles. The predicted octanol–water partition coefficient (Wildman–Crippen LogP) is 3.71. The van der Waals surface area contributed by atoms with Crippen LogP contribution < -0.4 is 0 Å². The van der Waals surface area contributed by atoms with Gasteiger partial charge in [0.15, 0.2) is 43.1 Å². The van der Waals surface area contributed by atoms with E-state index in [0.29, 0.717) is 0 Å². The molecule has 0 N–H and O–H groups in total. The second-order valence-electron chi connectivity index (χ2n) is 13.7. The zero-order chi connectivity index (χ0) is 42.5. The Morgan fingerprint density at radius 3 is 1.35 bits per heavy atom. The third kappa shape index (κ3) is 18.3. The average Bonchev–Trinajstić information content (AvgIpc) is 3.10. The number of esters is 7. The third-order valence-corrected chi connectivity index (χ3v) is 8.63. The maximum Gasteiger partial charge on any atom is 0.303 e. The Bertz CT molecular complexity index is 1350. The van der Waals surface area contributed by atoms with Crippen molar-refractivity contribution in [3.8, 4) is 0 Å². The van der Waals surface area contributed by atoms with Gasteiger partial charge in [0.05, 0.1) is 6.61 Å². The molecule has 10 atom stereocenters. The normalized spacial score (nSPS) is 27.2. The largest absolute Gasteiger partial charge is 0.463 e. The predicted molar refractivity (Wildman–Crippen MR) is 196 cm³/mol. The molecule has 57 heavy (non-hydrogen) atoms. The second-order valence-corrected chi connectivity index (χ2v) is 13.7. The Morgan fingerprint density at radius 1 is 0.456 bits per heavy atom. The van der Waals surface area contributed by atoms with Crippen LogP contribution in [0.15, 0.2) is 12.2 Å². The summed E-state index contributed by atoms with van der Waals surface area (Å²) in [7, 11) is 0. The molecule has 0 saturated carbocycles. The number of hydrogen-bond acceptors (Lipinski definition) is 18. The van der Waals surface area contributed by atoms with E-state index in [1.54, 1.807) is 6.08 Å². The van der Waals surface area contributed by atoms with Crippen LogP contribution in [0.25, 0.3) is 0 Å². The Morgan fingerprint density at radius 2 is 0.860 bits per heavy atom. The van der Waals surface area contributed by atoms with Gasteiger partial charge in [0.1, 0.15) is 31.5 Å². The van der Waals surface area contributed by atoms with Crippen LogP contribution in [0.1, 0.15) is 113 Å². The lowest BCUT2D eigenvalue weighted by Gasteiger charge is -2.48. The molecule has 0 aromatic carbocycles. The Labute approximate surface area is 333 Å². The van der Waals surface area contributed by atoms with Crippen molar-refractivity contribution in [2.45, 2.75) is 175 Å². The second kappa shape index (κ2) is 26.0. The van der Waals surface area contributed by atoms with E-state index in [9.17, 15) is 33.6 Å². The van der Waals surface area contributed by atoms with Gasteiger partial charge in [0, 0.05) is 48.5 Å². The molecule has 0 aromatic heterocycles. The number of carbonyl (C=O) groups is 7. The van der Waals surface area contributed by atoms with Crippen molar-refractivity contribution < 1.29 is 85.7 Å². The van der Waals surface area contributed by atoms with Gasteiger partial charge in [-0.25, -0.2) is 0 Å². The molecule has 0 radical (unpaired) electrons. The zero-order valence-electron chi connectivity index (χ0n) is 34.3. The Kier molecular flexibility index (Phi) is 22.3. The van der Waals surface area contributed by atoms with Gasteiger partial charge in [-0.05, 0) is 12.8 Å². The minimum absolute atomic E-state index is 0.00224. The highest BCUT2D eigenvalue weighted by molar-refractivity contribution is 5.69. The lowest BCUT2D eigenvalue weighted by atomic mass is 9.96. The Balaban J connectivity index is 2.49. The van der Waals surface area contributed by atoms with Gasteiger partial charge in [-0.3, -0.25) is 33.6 Å². The molecule has 0 spiro atoms. The third-order valence-electron chi connectivity index (χ3n) is 8.63. The van der Waals surface area contributed by atoms with E-state index >= 15 is 0 Å². The molecule has 0 bridgehead atoms. The summed E-state index contributed by atoms with van der Waals surface area (Å²) in [6.07, 6.45) is -1.24. The molecule has 324 valence electrons. The first-order chi connectivity index (χ1) is 27.0. The van der Waals surface area contributed by atoms with Crippen LogP contribution in [0, 0.1) is 0 Å². The Hall–Kier alpha value is -4.13. The van der Waals surface area contributed by atoms with Crippen molar-refractivity contribution in [2.75, 3.05) is 19.8 Å². The first-order valence-corrected chi connectivity index (χ1v) is 19.4. The standard InChI is InChI=1S/C39H60O18/c1-9-10-11-12-13-14-15-16-17-18-19-20-47-38-36(53-28(7)45)35(52-27(6)44)33(31(55-38)22-49-24(3)41)57-39-37(54-29(8)46)34(51-26(5)43)32(50-25(4)42)30(56-39)21-48-23(2)40/h18-19,30-39H,9-17,20-22H2,1-8H3/b19-18+/t30-,31-,32+,33-,34+,35+,36-,37-,38?,39+/m1/s1. The number of carbonyl (C=O) groups excluding carboxylic acids is 7. The fourth-order valence-electron chi connectivity index (χ4n) is 6.34. The molecular weight excluding hydrogens is 756 g/mol. The molecule has 2 rings (SSSR count). The lowest BCUT2D eigenvalue weighted by molar-refractivity contribution is -0.360. The van der Waals surface area contributed by atoms with Crippen LogP contribution in [-0.2, 0) is 85.7 Å². The minimum Gasteiger partial charge on any atom is -0.463 e. The van der Waals surface area contributed by atoms with Gasteiger partial charge in [-0.1, -0.05) is 64.0 Å². The van der Waals surface area contributed by atoms with Gasteiger partial charge in [0.25, 0.3) is 0 Å². The van der Waals surface area contributed by atoms with Crippen molar-refractivity contribution in [1.82, 2.24) is 0 Å². The van der Waals surface area contributed by atoms with Crippen molar-refractivity contribution in [3.63, 3.8) is 0 Å². The molecule has 2 aliphatic rings. The summed E-state index contributed by atoms with van der Waals surface area (Å²) in [5, 5.41) is 0. The SMILES string of the molecule is CCCCCCCCCC/C=C/COC1O[C@H](COC(C)=O)[C@@H](O[C@@H]2O[C@H](COC(C)=O)[C@H](OC(C)=O)[C@H](OC(C)=O)[C@H]2OC(C)=O)[C@H](OC(C)=O)[C@H]1OC(C)=O. The minimum atomic E-state index is -1.77. The lowest BCUT2D eigenvalue weighted by Crippen LogP contribution is -2.67. The molecular formula is C39H60O18. The topological polar surface area (TPSA) is 221 Å². The van der Waals surface area contributed by atoms with E-state index in [1.165, 1.54) is 32.1 Å². The highest BCUT2D eigenvalue weighted by Crippen LogP contribution is 2.35.